The van der Waals surface area contributed by atoms with Crippen molar-refractivity contribution >= 4 is 35.4 Å². The third kappa shape index (κ3) is 3.34. The van der Waals surface area contributed by atoms with Crippen LogP contribution < -0.4 is 5.73 Å². The van der Waals surface area contributed by atoms with Crippen LogP contribution in [0.5, 0.6) is 0 Å². The first-order chi connectivity index (χ1) is 14.0. The van der Waals surface area contributed by atoms with Crippen LogP contribution >= 0.6 is 23.5 Å². The van der Waals surface area contributed by atoms with E-state index in [1.807, 2.05) is 29.3 Å². The molecule has 0 spiro atoms. The zero-order valence-corrected chi connectivity index (χ0v) is 17.6. The standard InChI is InChI=1S/C17H21N7O3S2/c1-3-22-6-9(5-19-22)13-20-21-17(23(13)4-2)29-8-10-7-28-15-11(18)14(25)24(15)12(10)16(26)27/h5-6,11,15H,3-4,7-8,18H2,1-2H3,(H,26,27)/t11-,15+/m1/s1. The van der Waals surface area contributed by atoms with Gasteiger partial charge in [0.1, 0.15) is 17.1 Å². The zero-order valence-electron chi connectivity index (χ0n) is 16.0. The number of carboxylic acid groups (broad SMARTS) is 1. The Balaban J connectivity index is 1.57. The number of hydrogen-bond donors (Lipinski definition) is 2. The lowest BCUT2D eigenvalue weighted by atomic mass is 10.0. The van der Waals surface area contributed by atoms with Crippen LogP contribution in [-0.4, -0.2) is 69.3 Å². The first-order valence-electron chi connectivity index (χ1n) is 9.20. The largest absolute Gasteiger partial charge is 0.477 e. The van der Waals surface area contributed by atoms with Crippen molar-refractivity contribution in [2.45, 2.75) is 43.5 Å². The average molecular weight is 436 g/mol. The number of thioether (sulfide) groups is 2. The normalized spacial score (nSPS) is 21.3. The molecule has 0 unspecified atom stereocenters. The molecule has 0 aliphatic carbocycles. The Kier molecular flexibility index (Phi) is 5.40. The van der Waals surface area contributed by atoms with E-state index in [1.165, 1.54) is 28.4 Å². The Bertz CT molecular complexity index is 999. The topological polar surface area (TPSA) is 132 Å². The molecule has 10 nitrogen and oxygen atoms in total. The maximum atomic E-state index is 12.1. The second-order valence-electron chi connectivity index (χ2n) is 6.62. The number of carbonyl (C=O) groups is 2. The summed E-state index contributed by atoms with van der Waals surface area (Å²) in [5, 5.41) is 22.9. The highest BCUT2D eigenvalue weighted by molar-refractivity contribution is 8.01. The van der Waals surface area contributed by atoms with Gasteiger partial charge in [0.05, 0.1) is 11.8 Å². The van der Waals surface area contributed by atoms with Crippen LogP contribution in [0, 0.1) is 0 Å². The molecule has 2 aliphatic heterocycles. The highest BCUT2D eigenvalue weighted by atomic mass is 32.2. The number of rotatable bonds is 7. The Hall–Kier alpha value is -2.31. The zero-order chi connectivity index (χ0) is 20.7. The Morgan fingerprint density at radius 1 is 1.38 bits per heavy atom. The van der Waals surface area contributed by atoms with E-state index in [4.69, 9.17) is 5.73 Å². The smallest absolute Gasteiger partial charge is 0.352 e. The van der Waals surface area contributed by atoms with E-state index in [2.05, 4.69) is 15.3 Å². The number of fused-ring (bicyclic) bond motifs is 1. The van der Waals surface area contributed by atoms with Crippen molar-refractivity contribution in [1.29, 1.82) is 0 Å². The Morgan fingerprint density at radius 3 is 2.83 bits per heavy atom. The molecule has 0 saturated carbocycles. The van der Waals surface area contributed by atoms with Crippen molar-refractivity contribution < 1.29 is 14.7 Å². The number of aryl methyl sites for hydroxylation is 1. The van der Waals surface area contributed by atoms with Crippen molar-refractivity contribution in [2.24, 2.45) is 5.73 Å². The molecule has 29 heavy (non-hydrogen) atoms. The van der Waals surface area contributed by atoms with Crippen molar-refractivity contribution in [1.82, 2.24) is 29.4 Å². The predicted octanol–water partition coefficient (Wildman–Crippen LogP) is 0.855. The maximum absolute atomic E-state index is 12.1. The van der Waals surface area contributed by atoms with Gasteiger partial charge in [0.25, 0.3) is 0 Å². The first-order valence-corrected chi connectivity index (χ1v) is 11.2. The lowest BCUT2D eigenvalue weighted by molar-refractivity contribution is -0.147. The van der Waals surface area contributed by atoms with E-state index in [0.717, 1.165) is 17.9 Å². The number of nitrogens with two attached hydrogens (primary N) is 1. The third-order valence-electron chi connectivity index (χ3n) is 4.91. The van der Waals surface area contributed by atoms with Gasteiger partial charge < -0.3 is 15.4 Å². The quantitative estimate of drug-likeness (QED) is 0.480. The summed E-state index contributed by atoms with van der Waals surface area (Å²) in [6, 6.07) is -0.627. The van der Waals surface area contributed by atoms with Crippen LogP contribution in [0.3, 0.4) is 0 Å². The molecule has 0 bridgehead atoms. The number of β-lactam (4-membered cyclic amide) rings is 1. The van der Waals surface area contributed by atoms with E-state index in [9.17, 15) is 14.7 Å². The summed E-state index contributed by atoms with van der Waals surface area (Å²) in [6.45, 7) is 5.46. The van der Waals surface area contributed by atoms with Crippen molar-refractivity contribution in [3.63, 3.8) is 0 Å². The summed E-state index contributed by atoms with van der Waals surface area (Å²) in [6.07, 6.45) is 3.68. The van der Waals surface area contributed by atoms with Gasteiger partial charge in [-0.3, -0.25) is 14.4 Å². The summed E-state index contributed by atoms with van der Waals surface area (Å²) >= 11 is 2.91. The van der Waals surface area contributed by atoms with Gasteiger partial charge in [0.15, 0.2) is 11.0 Å². The highest BCUT2D eigenvalue weighted by Crippen LogP contribution is 2.40. The van der Waals surface area contributed by atoms with Crippen molar-refractivity contribution in [2.75, 3.05) is 11.5 Å². The van der Waals surface area contributed by atoms with Gasteiger partial charge in [-0.2, -0.15) is 5.10 Å². The minimum atomic E-state index is -1.10. The Morgan fingerprint density at radius 2 is 2.17 bits per heavy atom. The molecule has 1 fully saturated rings. The van der Waals surface area contributed by atoms with E-state index >= 15 is 0 Å². The second kappa shape index (κ2) is 7.84. The highest BCUT2D eigenvalue weighted by Gasteiger charge is 2.51. The van der Waals surface area contributed by atoms with Crippen molar-refractivity contribution in [3.05, 3.63) is 23.7 Å². The number of carbonyl (C=O) groups excluding carboxylic acids is 1. The van der Waals surface area contributed by atoms with Crippen molar-refractivity contribution in [3.8, 4) is 11.4 Å². The third-order valence-corrected chi connectivity index (χ3v) is 7.33. The molecule has 4 rings (SSSR count). The van der Waals surface area contributed by atoms with Gasteiger partial charge in [-0.25, -0.2) is 4.79 Å². The molecule has 12 heteroatoms. The molecular formula is C17H21N7O3S2. The van der Waals surface area contributed by atoms with E-state index in [1.54, 1.807) is 6.20 Å². The fraction of sp³-hybridized carbons (Fsp3) is 0.471. The van der Waals surface area contributed by atoms with Crippen LogP contribution in [-0.2, 0) is 22.7 Å². The molecule has 2 aromatic heterocycles. The first kappa shape index (κ1) is 20.0. The minimum Gasteiger partial charge on any atom is -0.477 e. The number of amides is 1. The van der Waals surface area contributed by atoms with Gasteiger partial charge in [0.2, 0.25) is 5.91 Å². The van der Waals surface area contributed by atoms with E-state index < -0.39 is 12.0 Å². The second-order valence-corrected chi connectivity index (χ2v) is 8.66. The molecule has 2 aliphatic rings. The van der Waals surface area contributed by atoms with Crippen LogP contribution in [0.15, 0.2) is 28.8 Å². The molecule has 0 radical (unpaired) electrons. The monoisotopic (exact) mass is 435 g/mol. The predicted molar refractivity (Wildman–Crippen MR) is 109 cm³/mol. The van der Waals surface area contributed by atoms with E-state index in [0.29, 0.717) is 28.8 Å². The molecule has 1 amide bonds. The fourth-order valence-corrected chi connectivity index (χ4v) is 5.82. The average Bonchev–Trinajstić information content (AvgIpc) is 3.36. The molecular weight excluding hydrogens is 414 g/mol. The lowest BCUT2D eigenvalue weighted by Gasteiger charge is -2.48. The van der Waals surface area contributed by atoms with Crippen LogP contribution in [0.1, 0.15) is 13.8 Å². The molecule has 1 saturated heterocycles. The summed E-state index contributed by atoms with van der Waals surface area (Å²) in [4.78, 5) is 25.2. The number of hydrogen-bond acceptors (Lipinski definition) is 8. The number of carboxylic acids is 1. The SMILES string of the molecule is CCn1cc(-c2nnc(SCC3=C(C(=O)O)N4C(=O)[C@@H](N)[C@@H]4SC3)n2CC)cn1. The summed E-state index contributed by atoms with van der Waals surface area (Å²) in [5.41, 5.74) is 7.43. The summed E-state index contributed by atoms with van der Waals surface area (Å²) in [7, 11) is 0. The Labute approximate surface area is 175 Å². The van der Waals surface area contributed by atoms with Crippen LogP contribution in [0.2, 0.25) is 0 Å². The lowest BCUT2D eigenvalue weighted by Crippen LogP contribution is -2.68. The fourth-order valence-electron chi connectivity index (χ4n) is 3.39. The molecule has 4 heterocycles. The molecule has 2 aromatic rings. The number of aliphatic carboxylic acids is 1. The number of nitrogens with zero attached hydrogens (tertiary/aromatic N) is 6. The molecule has 3 N–H and O–H groups in total. The summed E-state index contributed by atoms with van der Waals surface area (Å²) in [5.74, 6) is 0.217. The number of aromatic nitrogens is 5. The van der Waals surface area contributed by atoms with Crippen LogP contribution in [0.25, 0.3) is 11.4 Å². The molecule has 2 atom stereocenters. The van der Waals surface area contributed by atoms with Gasteiger partial charge in [-0.1, -0.05) is 11.8 Å². The van der Waals surface area contributed by atoms with Gasteiger partial charge >= 0.3 is 5.97 Å². The molecule has 0 aromatic carbocycles. The van der Waals surface area contributed by atoms with E-state index in [-0.39, 0.29) is 17.0 Å². The molecule has 154 valence electrons. The van der Waals surface area contributed by atoms with Gasteiger partial charge in [0, 0.05) is 30.8 Å². The summed E-state index contributed by atoms with van der Waals surface area (Å²) < 4.78 is 3.80. The van der Waals surface area contributed by atoms with Gasteiger partial charge in [-0.05, 0) is 19.4 Å². The van der Waals surface area contributed by atoms with Gasteiger partial charge in [-0.15, -0.1) is 22.0 Å². The minimum absolute atomic E-state index is 0.0555. The van der Waals surface area contributed by atoms with Crippen LogP contribution in [0.4, 0.5) is 0 Å². The maximum Gasteiger partial charge on any atom is 0.352 e.